The number of thioether (sulfide) groups is 1. The predicted molar refractivity (Wildman–Crippen MR) is 101 cm³/mol. The molecule has 1 N–H and O–H groups in total. The molecule has 10 heteroatoms. The Balaban J connectivity index is 1.73. The van der Waals surface area contributed by atoms with Crippen LogP contribution in [0.3, 0.4) is 0 Å². The van der Waals surface area contributed by atoms with E-state index in [0.29, 0.717) is 31.4 Å². The highest BCUT2D eigenvalue weighted by Crippen LogP contribution is 2.32. The first kappa shape index (κ1) is 18.0. The minimum atomic E-state index is -0.229. The van der Waals surface area contributed by atoms with E-state index in [-0.39, 0.29) is 11.7 Å². The Bertz CT molecular complexity index is 1020. The molecule has 0 saturated carbocycles. The molecule has 3 heterocycles. The third kappa shape index (κ3) is 3.60. The smallest absolute Gasteiger partial charge is 0.235 e. The molecule has 0 saturated heterocycles. The maximum Gasteiger partial charge on any atom is 0.235 e. The predicted octanol–water partition coefficient (Wildman–Crippen LogP) is 4.32. The van der Waals surface area contributed by atoms with Crippen molar-refractivity contribution in [1.29, 1.82) is 5.26 Å². The van der Waals surface area contributed by atoms with Gasteiger partial charge in [-0.1, -0.05) is 35.0 Å². The molecule has 25 heavy (non-hydrogen) atoms. The van der Waals surface area contributed by atoms with Gasteiger partial charge in [0.2, 0.25) is 5.91 Å². The third-order valence-corrected chi connectivity index (χ3v) is 6.03. The van der Waals surface area contributed by atoms with Crippen LogP contribution in [-0.2, 0) is 4.79 Å². The SMILES string of the molecule is Cc1sc(NC(=O)CSc2nnc3c(Cl)cc(Cl)cn23)c(C#N)c1C. The van der Waals surface area contributed by atoms with Crippen LogP contribution in [0.25, 0.3) is 5.65 Å². The lowest BCUT2D eigenvalue weighted by atomic mass is 10.2. The Morgan fingerprint density at radius 3 is 2.92 bits per heavy atom. The number of carbonyl (C=O) groups excluding carboxylic acids is 1. The molecular formula is C15H11Cl2N5OS2. The number of thiophene rings is 1. The third-order valence-electron chi connectivity index (χ3n) is 3.48. The zero-order valence-corrected chi connectivity index (χ0v) is 16.3. The molecule has 0 atom stereocenters. The molecule has 0 fully saturated rings. The van der Waals surface area contributed by atoms with Gasteiger partial charge in [0.05, 0.1) is 21.4 Å². The number of fused-ring (bicyclic) bond motifs is 1. The number of hydrogen-bond acceptors (Lipinski definition) is 6. The molecule has 0 bridgehead atoms. The van der Waals surface area contributed by atoms with Crippen LogP contribution < -0.4 is 5.32 Å². The lowest BCUT2D eigenvalue weighted by molar-refractivity contribution is -0.113. The number of aromatic nitrogens is 3. The summed E-state index contributed by atoms with van der Waals surface area (Å²) in [6.07, 6.45) is 1.64. The first-order valence-electron chi connectivity index (χ1n) is 7.03. The summed E-state index contributed by atoms with van der Waals surface area (Å²) in [5.74, 6) is -0.112. The van der Waals surface area contributed by atoms with E-state index in [1.165, 1.54) is 23.1 Å². The summed E-state index contributed by atoms with van der Waals surface area (Å²) in [6.45, 7) is 3.78. The van der Waals surface area contributed by atoms with E-state index in [2.05, 4.69) is 21.6 Å². The number of aryl methyl sites for hydroxylation is 1. The molecule has 0 aliphatic rings. The van der Waals surface area contributed by atoms with Crippen molar-refractivity contribution in [3.05, 3.63) is 38.3 Å². The number of rotatable bonds is 4. The van der Waals surface area contributed by atoms with Gasteiger partial charge in [-0.2, -0.15) is 5.26 Å². The van der Waals surface area contributed by atoms with Crippen LogP contribution in [0.15, 0.2) is 17.4 Å². The largest absolute Gasteiger partial charge is 0.316 e. The van der Waals surface area contributed by atoms with Gasteiger partial charge < -0.3 is 5.32 Å². The number of nitriles is 1. The van der Waals surface area contributed by atoms with Crippen molar-refractivity contribution in [2.24, 2.45) is 0 Å². The average molecular weight is 412 g/mol. The summed E-state index contributed by atoms with van der Waals surface area (Å²) in [7, 11) is 0. The van der Waals surface area contributed by atoms with Gasteiger partial charge in [-0.15, -0.1) is 21.5 Å². The zero-order valence-electron chi connectivity index (χ0n) is 13.1. The van der Waals surface area contributed by atoms with Crippen LogP contribution in [0.5, 0.6) is 0 Å². The monoisotopic (exact) mass is 411 g/mol. The van der Waals surface area contributed by atoms with Crippen molar-refractivity contribution in [3.8, 4) is 6.07 Å². The minimum absolute atomic E-state index is 0.117. The van der Waals surface area contributed by atoms with Gasteiger partial charge in [0.25, 0.3) is 0 Å². The fourth-order valence-corrected chi connectivity index (χ4v) is 4.39. The normalized spacial score (nSPS) is 10.8. The summed E-state index contributed by atoms with van der Waals surface area (Å²) in [6, 6.07) is 3.71. The first-order valence-corrected chi connectivity index (χ1v) is 9.59. The van der Waals surface area contributed by atoms with Crippen LogP contribution in [0, 0.1) is 25.2 Å². The van der Waals surface area contributed by atoms with Gasteiger partial charge in [0, 0.05) is 11.1 Å². The van der Waals surface area contributed by atoms with E-state index in [0.717, 1.165) is 10.4 Å². The number of halogens is 2. The highest BCUT2D eigenvalue weighted by Gasteiger charge is 2.16. The molecule has 0 spiro atoms. The molecule has 6 nitrogen and oxygen atoms in total. The molecule has 0 radical (unpaired) electrons. The summed E-state index contributed by atoms with van der Waals surface area (Å²) in [5.41, 5.74) is 1.88. The average Bonchev–Trinajstić information content (AvgIpc) is 3.07. The second-order valence-corrected chi connectivity index (χ2v) is 8.13. The molecule has 3 rings (SSSR count). The number of hydrogen-bond donors (Lipinski definition) is 1. The number of nitrogens with one attached hydrogen (secondary N) is 1. The van der Waals surface area contributed by atoms with Crippen molar-refractivity contribution in [3.63, 3.8) is 0 Å². The second kappa shape index (κ2) is 7.22. The van der Waals surface area contributed by atoms with Crippen molar-refractivity contribution in [1.82, 2.24) is 14.6 Å². The van der Waals surface area contributed by atoms with Crippen molar-refractivity contribution < 1.29 is 4.79 Å². The van der Waals surface area contributed by atoms with Gasteiger partial charge in [-0.25, -0.2) is 0 Å². The van der Waals surface area contributed by atoms with E-state index in [1.54, 1.807) is 16.7 Å². The van der Waals surface area contributed by atoms with E-state index < -0.39 is 0 Å². The van der Waals surface area contributed by atoms with E-state index in [9.17, 15) is 10.1 Å². The molecule has 1 amide bonds. The Hall–Kier alpha value is -1.79. The fraction of sp³-hybridized carbons (Fsp3) is 0.200. The lowest BCUT2D eigenvalue weighted by Gasteiger charge is -2.03. The maximum atomic E-state index is 12.2. The van der Waals surface area contributed by atoms with E-state index in [4.69, 9.17) is 23.2 Å². The zero-order chi connectivity index (χ0) is 18.1. The number of carbonyl (C=O) groups is 1. The standard InChI is InChI=1S/C15H11Cl2N5OS2/c1-7-8(2)25-14(10(7)4-18)19-12(23)6-24-15-21-20-13-11(17)3-9(16)5-22(13)15/h3,5H,6H2,1-2H3,(H,19,23). The second-order valence-electron chi connectivity index (χ2n) is 5.12. The molecular weight excluding hydrogens is 401 g/mol. The van der Waals surface area contributed by atoms with E-state index >= 15 is 0 Å². The Morgan fingerprint density at radius 1 is 1.44 bits per heavy atom. The first-order chi connectivity index (χ1) is 11.9. The topological polar surface area (TPSA) is 83.1 Å². The summed E-state index contributed by atoms with van der Waals surface area (Å²) < 4.78 is 1.64. The molecule has 0 aliphatic heterocycles. The number of amides is 1. The van der Waals surface area contributed by atoms with Gasteiger partial charge in [-0.3, -0.25) is 9.20 Å². The molecule has 3 aromatic rings. The molecule has 0 aliphatic carbocycles. The molecule has 0 aromatic carbocycles. The summed E-state index contributed by atoms with van der Waals surface area (Å²) in [4.78, 5) is 13.2. The van der Waals surface area contributed by atoms with Crippen LogP contribution in [0.4, 0.5) is 5.00 Å². The van der Waals surface area contributed by atoms with Gasteiger partial charge in [0.1, 0.15) is 11.1 Å². The molecule has 3 aromatic heterocycles. The lowest BCUT2D eigenvalue weighted by Crippen LogP contribution is -2.14. The number of nitrogens with zero attached hydrogens (tertiary/aromatic N) is 4. The Kier molecular flexibility index (Phi) is 5.20. The quantitative estimate of drug-likeness (QED) is 0.646. The summed E-state index contributed by atoms with van der Waals surface area (Å²) >= 11 is 14.7. The number of anilines is 1. The van der Waals surface area contributed by atoms with Crippen molar-refractivity contribution >= 4 is 62.9 Å². The van der Waals surface area contributed by atoms with E-state index in [1.807, 2.05) is 13.8 Å². The Morgan fingerprint density at radius 2 is 2.20 bits per heavy atom. The molecule has 0 unspecified atom stereocenters. The Labute approximate surface area is 161 Å². The van der Waals surface area contributed by atoms with Crippen molar-refractivity contribution in [2.45, 2.75) is 19.0 Å². The highest BCUT2D eigenvalue weighted by molar-refractivity contribution is 7.99. The van der Waals surface area contributed by atoms with Crippen molar-refractivity contribution in [2.75, 3.05) is 11.1 Å². The van der Waals surface area contributed by atoms with Gasteiger partial charge in [0.15, 0.2) is 10.8 Å². The van der Waals surface area contributed by atoms with Crippen LogP contribution in [0.2, 0.25) is 10.0 Å². The van der Waals surface area contributed by atoms with Crippen LogP contribution in [0.1, 0.15) is 16.0 Å². The van der Waals surface area contributed by atoms with Gasteiger partial charge >= 0.3 is 0 Å². The summed E-state index contributed by atoms with van der Waals surface area (Å²) in [5, 5.41) is 22.0. The molecule has 128 valence electrons. The maximum absolute atomic E-state index is 12.2. The number of pyridine rings is 1. The van der Waals surface area contributed by atoms with Gasteiger partial charge in [-0.05, 0) is 25.5 Å². The minimum Gasteiger partial charge on any atom is -0.316 e. The van der Waals surface area contributed by atoms with Crippen LogP contribution >= 0.6 is 46.3 Å². The highest BCUT2D eigenvalue weighted by atomic mass is 35.5. The van der Waals surface area contributed by atoms with Crippen LogP contribution in [-0.4, -0.2) is 26.3 Å². The fourth-order valence-electron chi connectivity index (χ4n) is 2.14.